The summed E-state index contributed by atoms with van der Waals surface area (Å²) in [5, 5.41) is 11.3. The number of rotatable bonds is 2. The van der Waals surface area contributed by atoms with Gasteiger partial charge >= 0.3 is 0 Å². The van der Waals surface area contributed by atoms with Gasteiger partial charge in [0.05, 0.1) is 0 Å². The van der Waals surface area contributed by atoms with E-state index in [1.807, 2.05) is 17.5 Å². The van der Waals surface area contributed by atoms with Crippen molar-refractivity contribution in [3.8, 4) is 5.88 Å². The van der Waals surface area contributed by atoms with Gasteiger partial charge in [0.25, 0.3) is 5.56 Å². The van der Waals surface area contributed by atoms with Crippen LogP contribution >= 0.6 is 33.9 Å². The predicted octanol–water partition coefficient (Wildman–Crippen LogP) is 1.73. The molecule has 15 heavy (non-hydrogen) atoms. The third-order valence-corrected chi connectivity index (χ3v) is 3.66. The van der Waals surface area contributed by atoms with E-state index in [0.29, 0.717) is 12.2 Å². The fourth-order valence-corrected chi connectivity index (χ4v) is 2.12. The number of hydrogen-bond acceptors (Lipinski definition) is 4. The van der Waals surface area contributed by atoms with E-state index in [2.05, 4.69) is 9.97 Å². The summed E-state index contributed by atoms with van der Waals surface area (Å²) in [6.45, 7) is 0. The fraction of sp³-hybridized carbons (Fsp3) is 0.111. The summed E-state index contributed by atoms with van der Waals surface area (Å²) in [7, 11) is 0. The molecule has 0 aliphatic rings. The number of aromatic amines is 1. The molecule has 2 aromatic rings. The SMILES string of the molecule is O=c1[nH]c(Cc2cccs2)nc(O)c1I. The molecule has 4 nitrogen and oxygen atoms in total. The Kier molecular flexibility index (Phi) is 3.06. The van der Waals surface area contributed by atoms with Gasteiger partial charge in [0.1, 0.15) is 9.39 Å². The Morgan fingerprint density at radius 3 is 3.00 bits per heavy atom. The summed E-state index contributed by atoms with van der Waals surface area (Å²) in [4.78, 5) is 19.0. The first kappa shape index (κ1) is 10.6. The molecule has 2 rings (SSSR count). The minimum absolute atomic E-state index is 0.203. The molecule has 0 aliphatic carbocycles. The van der Waals surface area contributed by atoms with Crippen LogP contribution in [0.1, 0.15) is 10.7 Å². The third-order valence-electron chi connectivity index (χ3n) is 1.82. The van der Waals surface area contributed by atoms with Gasteiger partial charge in [-0.25, -0.2) is 0 Å². The standard InChI is InChI=1S/C9H7IN2O2S/c10-7-8(13)11-6(12-9(7)14)4-5-2-1-3-15-5/h1-3H,4H2,(H2,11,12,13,14). The van der Waals surface area contributed by atoms with Crippen LogP contribution < -0.4 is 5.56 Å². The largest absolute Gasteiger partial charge is 0.492 e. The highest BCUT2D eigenvalue weighted by Gasteiger charge is 2.07. The lowest BCUT2D eigenvalue weighted by molar-refractivity contribution is 0.443. The Balaban J connectivity index is 2.34. The molecule has 0 aliphatic heterocycles. The van der Waals surface area contributed by atoms with E-state index in [9.17, 15) is 9.90 Å². The summed E-state index contributed by atoms with van der Waals surface area (Å²) in [5.74, 6) is 0.284. The third kappa shape index (κ3) is 2.37. The lowest BCUT2D eigenvalue weighted by atomic mass is 10.3. The van der Waals surface area contributed by atoms with Gasteiger partial charge in [-0.15, -0.1) is 11.3 Å². The second-order valence-corrected chi connectivity index (χ2v) is 5.02. The number of halogens is 1. The molecule has 0 radical (unpaired) electrons. The summed E-state index contributed by atoms with van der Waals surface area (Å²) >= 11 is 3.35. The van der Waals surface area contributed by atoms with Crippen molar-refractivity contribution in [1.82, 2.24) is 9.97 Å². The van der Waals surface area contributed by atoms with Crippen LogP contribution in [0.3, 0.4) is 0 Å². The molecule has 78 valence electrons. The molecular formula is C9H7IN2O2S. The Morgan fingerprint density at radius 2 is 2.40 bits per heavy atom. The van der Waals surface area contributed by atoms with Gasteiger partial charge in [-0.3, -0.25) is 4.79 Å². The van der Waals surface area contributed by atoms with Gasteiger partial charge in [-0.05, 0) is 34.0 Å². The summed E-state index contributed by atoms with van der Waals surface area (Å²) in [6, 6.07) is 3.89. The molecule has 0 saturated heterocycles. The van der Waals surface area contributed by atoms with Crippen LogP contribution in [0.4, 0.5) is 0 Å². The Bertz CT molecular complexity index is 521. The van der Waals surface area contributed by atoms with E-state index < -0.39 is 0 Å². The summed E-state index contributed by atoms with van der Waals surface area (Å²) < 4.78 is 0.225. The van der Waals surface area contributed by atoms with E-state index in [1.165, 1.54) is 0 Å². The van der Waals surface area contributed by atoms with Crippen LogP contribution in [0.15, 0.2) is 22.3 Å². The zero-order valence-electron chi connectivity index (χ0n) is 7.53. The number of H-pyrrole nitrogens is 1. The van der Waals surface area contributed by atoms with Crippen molar-refractivity contribution in [1.29, 1.82) is 0 Å². The smallest absolute Gasteiger partial charge is 0.268 e. The molecule has 2 heterocycles. The molecule has 2 aromatic heterocycles. The van der Waals surface area contributed by atoms with Crippen molar-refractivity contribution in [2.45, 2.75) is 6.42 Å². The highest BCUT2D eigenvalue weighted by Crippen LogP contribution is 2.15. The first-order chi connectivity index (χ1) is 7.16. The van der Waals surface area contributed by atoms with Gasteiger partial charge in [0.2, 0.25) is 5.88 Å². The molecule has 0 spiro atoms. The van der Waals surface area contributed by atoms with Crippen LogP contribution in [0.2, 0.25) is 0 Å². The lowest BCUT2D eigenvalue weighted by Crippen LogP contribution is -2.14. The van der Waals surface area contributed by atoms with Crippen molar-refractivity contribution >= 4 is 33.9 Å². The monoisotopic (exact) mass is 334 g/mol. The highest BCUT2D eigenvalue weighted by molar-refractivity contribution is 14.1. The van der Waals surface area contributed by atoms with Gasteiger partial charge in [-0.1, -0.05) is 6.07 Å². The van der Waals surface area contributed by atoms with Gasteiger partial charge in [-0.2, -0.15) is 4.98 Å². The maximum absolute atomic E-state index is 11.3. The van der Waals surface area contributed by atoms with E-state index in [1.54, 1.807) is 33.9 Å². The number of aromatic nitrogens is 2. The molecule has 6 heteroatoms. The van der Waals surface area contributed by atoms with E-state index in [4.69, 9.17) is 0 Å². The molecule has 0 fully saturated rings. The van der Waals surface area contributed by atoms with Crippen LogP contribution in [0.5, 0.6) is 5.88 Å². The van der Waals surface area contributed by atoms with E-state index in [-0.39, 0.29) is 15.0 Å². The summed E-state index contributed by atoms with van der Waals surface area (Å²) in [5.41, 5.74) is -0.297. The van der Waals surface area contributed by atoms with Crippen molar-refractivity contribution in [2.24, 2.45) is 0 Å². The number of hydrogen-bond donors (Lipinski definition) is 2. The van der Waals surface area contributed by atoms with Crippen molar-refractivity contribution in [3.63, 3.8) is 0 Å². The number of nitrogens with zero attached hydrogens (tertiary/aromatic N) is 1. The Hall–Kier alpha value is -0.890. The quantitative estimate of drug-likeness (QED) is 0.822. The Labute approximate surface area is 103 Å². The molecule has 0 atom stereocenters. The molecule has 0 bridgehead atoms. The zero-order chi connectivity index (χ0) is 10.8. The van der Waals surface area contributed by atoms with Gasteiger partial charge < -0.3 is 10.1 Å². The Morgan fingerprint density at radius 1 is 1.60 bits per heavy atom. The number of thiophene rings is 1. The topological polar surface area (TPSA) is 66.0 Å². The van der Waals surface area contributed by atoms with E-state index >= 15 is 0 Å². The molecule has 0 saturated carbocycles. The number of aromatic hydroxyl groups is 1. The average Bonchev–Trinajstić information content (AvgIpc) is 2.66. The minimum Gasteiger partial charge on any atom is -0.492 e. The van der Waals surface area contributed by atoms with Crippen molar-refractivity contribution in [3.05, 3.63) is 42.1 Å². The molecular weight excluding hydrogens is 327 g/mol. The van der Waals surface area contributed by atoms with Gasteiger partial charge in [0.15, 0.2) is 0 Å². The second kappa shape index (κ2) is 4.31. The minimum atomic E-state index is -0.297. The molecule has 0 aromatic carbocycles. The van der Waals surface area contributed by atoms with Crippen LogP contribution in [0.25, 0.3) is 0 Å². The summed E-state index contributed by atoms with van der Waals surface area (Å²) in [6.07, 6.45) is 0.539. The fourth-order valence-electron chi connectivity index (χ4n) is 1.15. The van der Waals surface area contributed by atoms with Crippen molar-refractivity contribution in [2.75, 3.05) is 0 Å². The second-order valence-electron chi connectivity index (χ2n) is 2.91. The average molecular weight is 334 g/mol. The van der Waals surface area contributed by atoms with Gasteiger partial charge in [0, 0.05) is 11.3 Å². The normalized spacial score (nSPS) is 10.5. The molecule has 0 unspecified atom stereocenters. The molecule has 2 N–H and O–H groups in total. The predicted molar refractivity (Wildman–Crippen MR) is 66.4 cm³/mol. The van der Waals surface area contributed by atoms with Crippen LogP contribution in [-0.2, 0) is 6.42 Å². The lowest BCUT2D eigenvalue weighted by Gasteiger charge is -2.00. The maximum atomic E-state index is 11.3. The van der Waals surface area contributed by atoms with Crippen LogP contribution in [-0.4, -0.2) is 15.1 Å². The van der Waals surface area contributed by atoms with Crippen molar-refractivity contribution < 1.29 is 5.11 Å². The zero-order valence-corrected chi connectivity index (χ0v) is 10.5. The van der Waals surface area contributed by atoms with Crippen LogP contribution in [0, 0.1) is 3.57 Å². The first-order valence-electron chi connectivity index (χ1n) is 4.17. The number of nitrogens with one attached hydrogen (secondary N) is 1. The highest BCUT2D eigenvalue weighted by atomic mass is 127. The molecule has 0 amide bonds. The van der Waals surface area contributed by atoms with E-state index in [0.717, 1.165) is 4.88 Å². The maximum Gasteiger partial charge on any atom is 0.268 e. The first-order valence-corrected chi connectivity index (χ1v) is 6.12.